The van der Waals surface area contributed by atoms with Crippen LogP contribution in [0.1, 0.15) is 61.5 Å². The first-order valence-corrected chi connectivity index (χ1v) is 12.7. The van der Waals surface area contributed by atoms with Crippen LogP contribution < -0.4 is 14.8 Å². The number of carbonyl (C=O) groups is 2. The predicted molar refractivity (Wildman–Crippen MR) is 137 cm³/mol. The number of methoxy groups -OCH3 is 2. The van der Waals surface area contributed by atoms with Gasteiger partial charge in [0.1, 0.15) is 22.7 Å². The Balaban J connectivity index is 1.60. The Morgan fingerprint density at radius 3 is 2.50 bits per heavy atom. The molecule has 0 spiro atoms. The topological polar surface area (TPSA) is 85.7 Å². The molecule has 0 unspecified atom stereocenters. The van der Waals surface area contributed by atoms with Crippen LogP contribution in [0.5, 0.6) is 11.5 Å². The SMILES string of the molecule is COc1ccc(OC)c2c1cc1n2C[C@@](C)(C(=O)NC2CCCCCC2)N(Cc2cccnc2)C1=O. The van der Waals surface area contributed by atoms with Crippen LogP contribution in [0.25, 0.3) is 10.9 Å². The molecule has 0 bridgehead atoms. The molecule has 5 rings (SSSR count). The zero-order chi connectivity index (χ0) is 25.3. The third-order valence-electron chi connectivity index (χ3n) is 7.69. The van der Waals surface area contributed by atoms with Gasteiger partial charge in [-0.25, -0.2) is 0 Å². The molecule has 36 heavy (non-hydrogen) atoms. The molecule has 3 aromatic rings. The first kappa shape index (κ1) is 24.2. The molecule has 3 heterocycles. The number of carbonyl (C=O) groups excluding carboxylic acids is 2. The van der Waals surface area contributed by atoms with Crippen LogP contribution in [-0.2, 0) is 17.9 Å². The molecule has 1 aliphatic carbocycles. The maximum atomic E-state index is 14.1. The van der Waals surface area contributed by atoms with Gasteiger partial charge in [-0.1, -0.05) is 31.7 Å². The first-order chi connectivity index (χ1) is 17.5. The fourth-order valence-corrected chi connectivity index (χ4v) is 5.64. The number of rotatable bonds is 6. The number of benzene rings is 1. The lowest BCUT2D eigenvalue weighted by Gasteiger charge is -2.44. The summed E-state index contributed by atoms with van der Waals surface area (Å²) in [7, 11) is 3.22. The lowest BCUT2D eigenvalue weighted by atomic mass is 9.93. The fraction of sp³-hybridized carbons (Fsp3) is 0.464. The van der Waals surface area contributed by atoms with E-state index in [4.69, 9.17) is 9.47 Å². The van der Waals surface area contributed by atoms with Gasteiger partial charge in [0, 0.05) is 30.4 Å². The fourth-order valence-electron chi connectivity index (χ4n) is 5.64. The van der Waals surface area contributed by atoms with E-state index in [1.54, 1.807) is 31.5 Å². The summed E-state index contributed by atoms with van der Waals surface area (Å²) in [5.41, 5.74) is 1.04. The van der Waals surface area contributed by atoms with Crippen molar-refractivity contribution >= 4 is 22.7 Å². The van der Waals surface area contributed by atoms with E-state index in [2.05, 4.69) is 10.3 Å². The maximum absolute atomic E-state index is 14.1. The van der Waals surface area contributed by atoms with E-state index in [9.17, 15) is 9.59 Å². The Morgan fingerprint density at radius 1 is 1.11 bits per heavy atom. The molecule has 0 radical (unpaired) electrons. The van der Waals surface area contributed by atoms with Crippen molar-refractivity contribution in [3.63, 3.8) is 0 Å². The lowest BCUT2D eigenvalue weighted by molar-refractivity contribution is -0.134. The maximum Gasteiger partial charge on any atom is 0.271 e. The molecule has 1 saturated carbocycles. The Labute approximate surface area is 211 Å². The van der Waals surface area contributed by atoms with Crippen molar-refractivity contribution in [2.75, 3.05) is 14.2 Å². The third kappa shape index (κ3) is 4.18. The minimum Gasteiger partial charge on any atom is -0.496 e. The average Bonchev–Trinajstić information content (AvgIpc) is 3.08. The number of pyridine rings is 1. The largest absolute Gasteiger partial charge is 0.496 e. The van der Waals surface area contributed by atoms with Crippen LogP contribution >= 0.6 is 0 Å². The Hall–Kier alpha value is -3.55. The summed E-state index contributed by atoms with van der Waals surface area (Å²) in [6.45, 7) is 2.46. The molecular formula is C28H34N4O4. The monoisotopic (exact) mass is 490 g/mol. The summed E-state index contributed by atoms with van der Waals surface area (Å²) >= 11 is 0. The highest BCUT2D eigenvalue weighted by Gasteiger charge is 2.48. The average molecular weight is 491 g/mol. The second-order valence-electron chi connectivity index (χ2n) is 10.0. The molecule has 2 amide bonds. The Bertz CT molecular complexity index is 1260. The number of nitrogens with one attached hydrogen (secondary N) is 1. The van der Waals surface area contributed by atoms with Crippen LogP contribution in [0.15, 0.2) is 42.7 Å². The van der Waals surface area contributed by atoms with Gasteiger partial charge in [0.25, 0.3) is 5.91 Å². The van der Waals surface area contributed by atoms with Crippen LogP contribution in [0.3, 0.4) is 0 Å². The van der Waals surface area contributed by atoms with Gasteiger partial charge in [-0.15, -0.1) is 0 Å². The van der Waals surface area contributed by atoms with Gasteiger partial charge in [0.05, 0.1) is 26.3 Å². The molecule has 1 fully saturated rings. The molecule has 8 nitrogen and oxygen atoms in total. The van der Waals surface area contributed by atoms with E-state index < -0.39 is 5.54 Å². The van der Waals surface area contributed by atoms with Crippen molar-refractivity contribution < 1.29 is 19.1 Å². The second kappa shape index (κ2) is 9.84. The van der Waals surface area contributed by atoms with Gasteiger partial charge in [0.2, 0.25) is 5.91 Å². The molecule has 2 aromatic heterocycles. The quantitative estimate of drug-likeness (QED) is 0.521. The molecule has 190 valence electrons. The van der Waals surface area contributed by atoms with Crippen molar-refractivity contribution in [2.24, 2.45) is 0 Å². The zero-order valence-corrected chi connectivity index (χ0v) is 21.3. The van der Waals surface area contributed by atoms with Crippen molar-refractivity contribution in [3.05, 3.63) is 54.0 Å². The van der Waals surface area contributed by atoms with Crippen LogP contribution in [-0.4, -0.2) is 52.1 Å². The van der Waals surface area contributed by atoms with Gasteiger partial charge in [0.15, 0.2) is 0 Å². The van der Waals surface area contributed by atoms with Crippen molar-refractivity contribution in [1.82, 2.24) is 19.8 Å². The van der Waals surface area contributed by atoms with Crippen molar-refractivity contribution in [1.29, 1.82) is 0 Å². The van der Waals surface area contributed by atoms with E-state index in [-0.39, 0.29) is 24.4 Å². The number of fused-ring (bicyclic) bond motifs is 3. The summed E-state index contributed by atoms with van der Waals surface area (Å²) in [6.07, 6.45) is 10.0. The third-order valence-corrected chi connectivity index (χ3v) is 7.69. The van der Waals surface area contributed by atoms with E-state index in [0.29, 0.717) is 23.7 Å². The molecule has 1 N–H and O–H groups in total. The minimum absolute atomic E-state index is 0.124. The highest BCUT2D eigenvalue weighted by atomic mass is 16.5. The molecule has 0 saturated heterocycles. The molecule has 8 heteroatoms. The summed E-state index contributed by atoms with van der Waals surface area (Å²) in [5, 5.41) is 4.10. The van der Waals surface area contributed by atoms with Crippen molar-refractivity contribution in [3.8, 4) is 11.5 Å². The minimum atomic E-state index is -1.10. The lowest BCUT2D eigenvalue weighted by Crippen LogP contribution is -2.64. The number of amides is 2. The van der Waals surface area contributed by atoms with Crippen molar-refractivity contribution in [2.45, 2.75) is 70.1 Å². The smallest absolute Gasteiger partial charge is 0.271 e. The number of aromatic nitrogens is 2. The number of nitrogens with zero attached hydrogens (tertiary/aromatic N) is 3. The Kier molecular flexibility index (Phi) is 6.60. The molecular weight excluding hydrogens is 456 g/mol. The van der Waals surface area contributed by atoms with Crippen LogP contribution in [0, 0.1) is 0 Å². The standard InChI is InChI=1S/C28H34N4O4/c1-28(27(34)30-20-10-6-4-5-7-11-20)18-31-22(26(33)32(28)17-19-9-8-14-29-16-19)15-21-23(35-2)12-13-24(36-3)25(21)31/h8-9,12-16,20H,4-7,10-11,17-18H2,1-3H3,(H,30,34)/t28-/m0/s1. The van der Waals surface area contributed by atoms with E-state index >= 15 is 0 Å². The predicted octanol–water partition coefficient (Wildman–Crippen LogP) is 4.31. The summed E-state index contributed by atoms with van der Waals surface area (Å²) < 4.78 is 13.2. The zero-order valence-electron chi connectivity index (χ0n) is 21.3. The second-order valence-corrected chi connectivity index (χ2v) is 10.0. The van der Waals surface area contributed by atoms with Gasteiger partial charge < -0.3 is 24.3 Å². The van der Waals surface area contributed by atoms with Crippen LogP contribution in [0.4, 0.5) is 0 Å². The summed E-state index contributed by atoms with van der Waals surface area (Å²) in [4.78, 5) is 34.0. The summed E-state index contributed by atoms with van der Waals surface area (Å²) in [6, 6.07) is 9.43. The normalized spacial score (nSPS) is 20.6. The Morgan fingerprint density at radius 2 is 1.83 bits per heavy atom. The van der Waals surface area contributed by atoms with Gasteiger partial charge in [-0.05, 0) is 49.6 Å². The highest BCUT2D eigenvalue weighted by Crippen LogP contribution is 2.40. The number of hydrogen-bond donors (Lipinski definition) is 1. The number of hydrogen-bond acceptors (Lipinski definition) is 5. The highest BCUT2D eigenvalue weighted by molar-refractivity contribution is 6.05. The molecule has 2 aliphatic rings. The van der Waals surface area contributed by atoms with Gasteiger partial charge in [-0.2, -0.15) is 0 Å². The van der Waals surface area contributed by atoms with Crippen LogP contribution in [0.2, 0.25) is 0 Å². The van der Waals surface area contributed by atoms with E-state index in [0.717, 1.165) is 42.1 Å². The molecule has 1 aromatic carbocycles. The van der Waals surface area contributed by atoms with Gasteiger partial charge in [-0.3, -0.25) is 14.6 Å². The van der Waals surface area contributed by atoms with Gasteiger partial charge >= 0.3 is 0 Å². The summed E-state index contributed by atoms with van der Waals surface area (Å²) in [5.74, 6) is 0.964. The number of ether oxygens (including phenoxy) is 2. The first-order valence-electron chi connectivity index (χ1n) is 12.7. The van der Waals surface area contributed by atoms with E-state index in [1.165, 1.54) is 12.8 Å². The molecule has 1 atom stereocenters. The molecule has 1 aliphatic heterocycles. The van der Waals surface area contributed by atoms with E-state index in [1.807, 2.05) is 41.8 Å².